The van der Waals surface area contributed by atoms with Gasteiger partial charge in [-0.2, -0.15) is 0 Å². The van der Waals surface area contributed by atoms with Crippen molar-refractivity contribution in [1.82, 2.24) is 9.80 Å². The highest BCUT2D eigenvalue weighted by molar-refractivity contribution is 5.99. The van der Waals surface area contributed by atoms with E-state index in [-0.39, 0.29) is 37.9 Å². The molecule has 0 saturated carbocycles. The van der Waals surface area contributed by atoms with E-state index in [0.717, 1.165) is 4.90 Å². The third-order valence-corrected chi connectivity index (χ3v) is 2.32. The first kappa shape index (κ1) is 11.6. The average molecular weight is 214 g/mol. The fraction of sp³-hybridized carbons (Fsp3) is 0.667. The van der Waals surface area contributed by atoms with E-state index >= 15 is 0 Å². The molecule has 1 heterocycles. The van der Waals surface area contributed by atoms with Crippen molar-refractivity contribution in [3.05, 3.63) is 0 Å². The van der Waals surface area contributed by atoms with Crippen LogP contribution in [0.25, 0.3) is 0 Å². The first-order chi connectivity index (χ1) is 7.04. The SMILES string of the molecule is CCN1CC(=O)N(CCC(=O)O)C(=O)C1. The molecule has 15 heavy (non-hydrogen) atoms. The Bertz CT molecular complexity index is 272. The summed E-state index contributed by atoms with van der Waals surface area (Å²) >= 11 is 0. The highest BCUT2D eigenvalue weighted by Crippen LogP contribution is 2.05. The lowest BCUT2D eigenvalue weighted by Gasteiger charge is -2.31. The number of aliphatic carboxylic acids is 1. The minimum Gasteiger partial charge on any atom is -0.481 e. The third-order valence-electron chi connectivity index (χ3n) is 2.32. The van der Waals surface area contributed by atoms with Crippen LogP contribution >= 0.6 is 0 Å². The summed E-state index contributed by atoms with van der Waals surface area (Å²) in [5.41, 5.74) is 0. The first-order valence-corrected chi connectivity index (χ1v) is 4.82. The maximum Gasteiger partial charge on any atom is 0.305 e. The van der Waals surface area contributed by atoms with Gasteiger partial charge < -0.3 is 5.11 Å². The largest absolute Gasteiger partial charge is 0.481 e. The number of imide groups is 1. The summed E-state index contributed by atoms with van der Waals surface area (Å²) < 4.78 is 0. The van der Waals surface area contributed by atoms with Gasteiger partial charge in [0.1, 0.15) is 0 Å². The Kier molecular flexibility index (Phi) is 3.79. The van der Waals surface area contributed by atoms with Gasteiger partial charge in [0.15, 0.2) is 0 Å². The zero-order valence-corrected chi connectivity index (χ0v) is 8.60. The molecule has 0 aromatic rings. The van der Waals surface area contributed by atoms with Crippen LogP contribution in [0.3, 0.4) is 0 Å². The number of likely N-dealkylation sites (N-methyl/N-ethyl adjacent to an activating group) is 1. The Morgan fingerprint density at radius 3 is 2.27 bits per heavy atom. The van der Waals surface area contributed by atoms with Crippen LogP contribution in [-0.4, -0.2) is 58.9 Å². The Hall–Kier alpha value is -1.43. The Balaban J connectivity index is 2.55. The van der Waals surface area contributed by atoms with Crippen molar-refractivity contribution in [2.24, 2.45) is 0 Å². The van der Waals surface area contributed by atoms with Crippen LogP contribution in [0, 0.1) is 0 Å². The summed E-state index contributed by atoms with van der Waals surface area (Å²) in [6.45, 7) is 2.88. The Morgan fingerprint density at radius 1 is 1.33 bits per heavy atom. The molecule has 1 fully saturated rings. The summed E-state index contributed by atoms with van der Waals surface area (Å²) in [7, 11) is 0. The molecule has 6 heteroatoms. The molecule has 2 amide bonds. The molecule has 0 spiro atoms. The number of piperazine rings is 1. The molecule has 0 aromatic carbocycles. The zero-order valence-electron chi connectivity index (χ0n) is 8.60. The second kappa shape index (κ2) is 4.88. The van der Waals surface area contributed by atoms with E-state index in [2.05, 4.69) is 0 Å². The zero-order chi connectivity index (χ0) is 11.4. The molecule has 1 N–H and O–H groups in total. The van der Waals surface area contributed by atoms with Crippen LogP contribution in [0.4, 0.5) is 0 Å². The quantitative estimate of drug-likeness (QED) is 0.617. The number of rotatable bonds is 4. The second-order valence-electron chi connectivity index (χ2n) is 3.39. The van der Waals surface area contributed by atoms with E-state index in [0.29, 0.717) is 6.54 Å². The predicted octanol–water partition coefficient (Wildman–Crippen LogP) is -0.848. The van der Waals surface area contributed by atoms with Crippen molar-refractivity contribution in [3.8, 4) is 0 Å². The van der Waals surface area contributed by atoms with Gasteiger partial charge in [0.05, 0.1) is 19.5 Å². The van der Waals surface area contributed by atoms with E-state index in [1.807, 2.05) is 6.92 Å². The fourth-order valence-electron chi connectivity index (χ4n) is 1.43. The van der Waals surface area contributed by atoms with Gasteiger partial charge >= 0.3 is 5.97 Å². The van der Waals surface area contributed by atoms with Gasteiger partial charge in [-0.3, -0.25) is 24.2 Å². The molecule has 0 aliphatic carbocycles. The fourth-order valence-corrected chi connectivity index (χ4v) is 1.43. The van der Waals surface area contributed by atoms with Crippen molar-refractivity contribution < 1.29 is 19.5 Å². The smallest absolute Gasteiger partial charge is 0.305 e. The maximum atomic E-state index is 11.5. The topological polar surface area (TPSA) is 77.9 Å². The van der Waals surface area contributed by atoms with E-state index in [9.17, 15) is 14.4 Å². The van der Waals surface area contributed by atoms with Gasteiger partial charge in [-0.25, -0.2) is 0 Å². The molecule has 6 nitrogen and oxygen atoms in total. The van der Waals surface area contributed by atoms with Crippen LogP contribution in [0.15, 0.2) is 0 Å². The van der Waals surface area contributed by atoms with Crippen LogP contribution in [0.2, 0.25) is 0 Å². The number of carbonyl (C=O) groups is 3. The maximum absolute atomic E-state index is 11.5. The highest BCUT2D eigenvalue weighted by atomic mass is 16.4. The molecule has 1 saturated heterocycles. The first-order valence-electron chi connectivity index (χ1n) is 4.82. The van der Waals surface area contributed by atoms with Crippen molar-refractivity contribution in [1.29, 1.82) is 0 Å². The Morgan fingerprint density at radius 2 is 1.87 bits per heavy atom. The van der Waals surface area contributed by atoms with Crippen molar-refractivity contribution in [3.63, 3.8) is 0 Å². The van der Waals surface area contributed by atoms with Gasteiger partial charge in [0.25, 0.3) is 0 Å². The van der Waals surface area contributed by atoms with Gasteiger partial charge in [0, 0.05) is 6.54 Å². The molecule has 0 aromatic heterocycles. The summed E-state index contributed by atoms with van der Waals surface area (Å²) in [5.74, 6) is -1.63. The normalized spacial score (nSPS) is 18.3. The second-order valence-corrected chi connectivity index (χ2v) is 3.39. The van der Waals surface area contributed by atoms with Gasteiger partial charge in [-0.15, -0.1) is 0 Å². The summed E-state index contributed by atoms with van der Waals surface area (Å²) in [4.78, 5) is 36.0. The van der Waals surface area contributed by atoms with Crippen LogP contribution in [-0.2, 0) is 14.4 Å². The molecule has 0 radical (unpaired) electrons. The highest BCUT2D eigenvalue weighted by Gasteiger charge is 2.29. The summed E-state index contributed by atoms with van der Waals surface area (Å²) in [6.07, 6.45) is -0.191. The molecule has 1 aliphatic heterocycles. The molecule has 1 aliphatic rings. The van der Waals surface area contributed by atoms with E-state index < -0.39 is 5.97 Å². The number of hydrogen-bond donors (Lipinski definition) is 1. The van der Waals surface area contributed by atoms with Crippen LogP contribution in [0.5, 0.6) is 0 Å². The van der Waals surface area contributed by atoms with E-state index in [1.54, 1.807) is 4.90 Å². The molecule has 0 atom stereocenters. The third kappa shape index (κ3) is 3.02. The Labute approximate surface area is 87.5 Å². The van der Waals surface area contributed by atoms with Crippen molar-refractivity contribution in [2.45, 2.75) is 13.3 Å². The number of carbonyl (C=O) groups excluding carboxylic acids is 2. The lowest BCUT2D eigenvalue weighted by atomic mass is 10.2. The summed E-state index contributed by atoms with van der Waals surface area (Å²) in [6, 6.07) is 0. The minimum atomic E-state index is -1.01. The molecule has 1 rings (SSSR count). The number of carboxylic acid groups (broad SMARTS) is 1. The lowest BCUT2D eigenvalue weighted by Crippen LogP contribution is -2.54. The van der Waals surface area contributed by atoms with Crippen LogP contribution < -0.4 is 0 Å². The monoisotopic (exact) mass is 214 g/mol. The standard InChI is InChI=1S/C9H14N2O4/c1-2-10-5-7(12)11(8(13)6-10)4-3-9(14)15/h2-6H2,1H3,(H,14,15). The molecule has 84 valence electrons. The van der Waals surface area contributed by atoms with E-state index in [1.165, 1.54) is 0 Å². The number of amides is 2. The van der Waals surface area contributed by atoms with Crippen LogP contribution in [0.1, 0.15) is 13.3 Å². The number of hydrogen-bond acceptors (Lipinski definition) is 4. The van der Waals surface area contributed by atoms with Gasteiger partial charge in [0.2, 0.25) is 11.8 Å². The van der Waals surface area contributed by atoms with Gasteiger partial charge in [-0.1, -0.05) is 6.92 Å². The molecule has 0 unspecified atom stereocenters. The lowest BCUT2D eigenvalue weighted by molar-refractivity contribution is -0.151. The summed E-state index contributed by atoms with van der Waals surface area (Å²) in [5, 5.41) is 8.46. The average Bonchev–Trinajstić information content (AvgIpc) is 2.15. The van der Waals surface area contributed by atoms with Crippen molar-refractivity contribution in [2.75, 3.05) is 26.2 Å². The number of carboxylic acids is 1. The predicted molar refractivity (Wildman–Crippen MR) is 51.1 cm³/mol. The van der Waals surface area contributed by atoms with Gasteiger partial charge in [-0.05, 0) is 6.54 Å². The molecule has 0 bridgehead atoms. The minimum absolute atomic E-state index is 0.0233. The van der Waals surface area contributed by atoms with Crippen molar-refractivity contribution >= 4 is 17.8 Å². The number of nitrogens with zero attached hydrogens (tertiary/aromatic N) is 2. The molecular formula is C9H14N2O4. The molecular weight excluding hydrogens is 200 g/mol. The van der Waals surface area contributed by atoms with E-state index in [4.69, 9.17) is 5.11 Å².